The third-order valence-electron chi connectivity index (χ3n) is 3.18. The Labute approximate surface area is 113 Å². The zero-order chi connectivity index (χ0) is 13.2. The quantitative estimate of drug-likeness (QED) is 0.833. The van der Waals surface area contributed by atoms with Gasteiger partial charge in [-0.2, -0.15) is 0 Å². The van der Waals surface area contributed by atoms with Crippen molar-refractivity contribution in [2.75, 3.05) is 0 Å². The molecule has 18 heavy (non-hydrogen) atoms. The molecule has 2 rings (SSSR count). The topological polar surface area (TPSA) is 79.3 Å². The fourth-order valence-electron chi connectivity index (χ4n) is 2.10. The number of amides is 1. The molecule has 1 aliphatic rings. The number of hydrogen-bond acceptors (Lipinski definition) is 3. The lowest BCUT2D eigenvalue weighted by Crippen LogP contribution is -2.54. The Morgan fingerprint density at radius 2 is 2.22 bits per heavy atom. The molecule has 5 nitrogen and oxygen atoms in total. The van der Waals surface area contributed by atoms with Crippen LogP contribution in [0.3, 0.4) is 0 Å². The summed E-state index contributed by atoms with van der Waals surface area (Å²) in [6, 6.07) is 3.32. The third kappa shape index (κ3) is 2.69. The van der Waals surface area contributed by atoms with Crippen LogP contribution in [0.25, 0.3) is 0 Å². The first kappa shape index (κ1) is 13.0. The summed E-state index contributed by atoms with van der Waals surface area (Å²) in [5.41, 5.74) is -0.160. The van der Waals surface area contributed by atoms with Crippen LogP contribution in [-0.2, 0) is 4.79 Å². The first-order valence-corrected chi connectivity index (χ1v) is 6.47. The molecular formula is C12H13BrN2O3. The lowest BCUT2D eigenvalue weighted by Gasteiger charge is -2.41. The molecule has 1 heterocycles. The minimum absolute atomic E-state index is 0.0311. The van der Waals surface area contributed by atoms with Crippen LogP contribution in [0.4, 0.5) is 0 Å². The molecular weight excluding hydrogens is 300 g/mol. The first-order chi connectivity index (χ1) is 8.52. The molecule has 1 fully saturated rings. The monoisotopic (exact) mass is 312 g/mol. The number of carboxylic acids is 1. The summed E-state index contributed by atoms with van der Waals surface area (Å²) in [5, 5.41) is 11.7. The van der Waals surface area contributed by atoms with Gasteiger partial charge in [-0.1, -0.05) is 0 Å². The van der Waals surface area contributed by atoms with Gasteiger partial charge in [-0.3, -0.25) is 9.59 Å². The number of rotatable bonds is 4. The highest BCUT2D eigenvalue weighted by atomic mass is 79.9. The highest BCUT2D eigenvalue weighted by Crippen LogP contribution is 2.35. The number of carbonyl (C=O) groups excluding carboxylic acids is 1. The fourth-order valence-corrected chi connectivity index (χ4v) is 2.53. The van der Waals surface area contributed by atoms with Crippen LogP contribution in [0.5, 0.6) is 0 Å². The summed E-state index contributed by atoms with van der Waals surface area (Å²) in [7, 11) is 0. The number of carboxylic acid groups (broad SMARTS) is 1. The van der Waals surface area contributed by atoms with Crippen LogP contribution in [0.1, 0.15) is 36.0 Å². The Morgan fingerprint density at radius 3 is 2.72 bits per heavy atom. The second-order valence-electron chi connectivity index (χ2n) is 4.50. The minimum atomic E-state index is -0.889. The van der Waals surface area contributed by atoms with E-state index in [-0.39, 0.29) is 12.3 Å². The Morgan fingerprint density at radius 1 is 1.50 bits per heavy atom. The van der Waals surface area contributed by atoms with Gasteiger partial charge >= 0.3 is 5.97 Å². The minimum Gasteiger partial charge on any atom is -0.481 e. The van der Waals surface area contributed by atoms with Crippen LogP contribution >= 0.6 is 15.9 Å². The number of halogens is 1. The van der Waals surface area contributed by atoms with Gasteiger partial charge in [0.15, 0.2) is 0 Å². The van der Waals surface area contributed by atoms with E-state index >= 15 is 0 Å². The second-order valence-corrected chi connectivity index (χ2v) is 5.25. The molecule has 1 aromatic heterocycles. The molecule has 2 N–H and O–H groups in total. The summed E-state index contributed by atoms with van der Waals surface area (Å²) in [5.74, 6) is -1.17. The number of hydrogen-bond donors (Lipinski definition) is 2. The van der Waals surface area contributed by atoms with Crippen molar-refractivity contribution < 1.29 is 14.7 Å². The Bertz CT molecular complexity index is 486. The average molecular weight is 313 g/mol. The van der Waals surface area contributed by atoms with Gasteiger partial charge in [-0.15, -0.1) is 0 Å². The first-order valence-electron chi connectivity index (χ1n) is 5.67. The molecule has 96 valence electrons. The van der Waals surface area contributed by atoms with Gasteiger partial charge in [0.2, 0.25) is 0 Å². The van der Waals surface area contributed by atoms with E-state index in [4.69, 9.17) is 5.11 Å². The third-order valence-corrected chi connectivity index (χ3v) is 3.81. The van der Waals surface area contributed by atoms with E-state index < -0.39 is 11.5 Å². The van der Waals surface area contributed by atoms with Gasteiger partial charge in [0.05, 0.1) is 17.5 Å². The molecule has 0 bridgehead atoms. The van der Waals surface area contributed by atoms with Crippen LogP contribution < -0.4 is 5.32 Å². The molecule has 1 amide bonds. The largest absolute Gasteiger partial charge is 0.481 e. The second kappa shape index (κ2) is 5.06. The molecule has 0 saturated heterocycles. The van der Waals surface area contributed by atoms with Crippen molar-refractivity contribution in [1.82, 2.24) is 10.3 Å². The molecule has 0 spiro atoms. The van der Waals surface area contributed by atoms with E-state index in [0.29, 0.717) is 23.0 Å². The van der Waals surface area contributed by atoms with E-state index in [2.05, 4.69) is 26.2 Å². The standard InChI is InChI=1S/C12H13BrN2O3/c13-10-8(3-1-6-14-10)11(18)15-12(4-2-5-12)7-9(16)17/h1,3,6H,2,4-5,7H2,(H,15,18)(H,16,17). The number of aliphatic carboxylic acids is 1. The van der Waals surface area contributed by atoms with E-state index in [1.165, 1.54) is 0 Å². The number of nitrogens with one attached hydrogen (secondary N) is 1. The Hall–Kier alpha value is -1.43. The van der Waals surface area contributed by atoms with Gasteiger partial charge in [0, 0.05) is 6.20 Å². The van der Waals surface area contributed by atoms with Gasteiger partial charge in [-0.25, -0.2) is 4.98 Å². The van der Waals surface area contributed by atoms with E-state index in [1.807, 2.05) is 0 Å². The summed E-state index contributed by atoms with van der Waals surface area (Å²) in [4.78, 5) is 26.9. The van der Waals surface area contributed by atoms with Crippen molar-refractivity contribution in [1.29, 1.82) is 0 Å². The molecule has 0 radical (unpaired) electrons. The van der Waals surface area contributed by atoms with Gasteiger partial charge in [-0.05, 0) is 47.3 Å². The zero-order valence-electron chi connectivity index (χ0n) is 9.65. The maximum absolute atomic E-state index is 12.1. The number of nitrogens with zero attached hydrogens (tertiary/aromatic N) is 1. The normalized spacial score (nSPS) is 16.7. The molecule has 1 aliphatic carbocycles. The number of pyridine rings is 1. The summed E-state index contributed by atoms with van der Waals surface area (Å²) in [6.45, 7) is 0. The van der Waals surface area contributed by atoms with Crippen molar-refractivity contribution in [3.63, 3.8) is 0 Å². The van der Waals surface area contributed by atoms with E-state index in [9.17, 15) is 9.59 Å². The molecule has 0 aromatic carbocycles. The van der Waals surface area contributed by atoms with Crippen molar-refractivity contribution in [2.24, 2.45) is 0 Å². The predicted octanol–water partition coefficient (Wildman–Crippen LogP) is 1.97. The van der Waals surface area contributed by atoms with E-state index in [1.54, 1.807) is 18.3 Å². The van der Waals surface area contributed by atoms with Crippen LogP contribution in [-0.4, -0.2) is 27.5 Å². The highest BCUT2D eigenvalue weighted by molar-refractivity contribution is 9.10. The number of aromatic nitrogens is 1. The van der Waals surface area contributed by atoms with Crippen molar-refractivity contribution >= 4 is 27.8 Å². The molecule has 1 aromatic rings. The molecule has 1 saturated carbocycles. The van der Waals surface area contributed by atoms with Crippen LogP contribution in [0, 0.1) is 0 Å². The smallest absolute Gasteiger partial charge is 0.305 e. The summed E-state index contributed by atoms with van der Waals surface area (Å²) in [6.07, 6.45) is 3.92. The average Bonchev–Trinajstić information content (AvgIpc) is 2.25. The van der Waals surface area contributed by atoms with Crippen molar-refractivity contribution in [3.05, 3.63) is 28.5 Å². The summed E-state index contributed by atoms with van der Waals surface area (Å²) >= 11 is 3.21. The van der Waals surface area contributed by atoms with Crippen LogP contribution in [0.15, 0.2) is 22.9 Å². The van der Waals surface area contributed by atoms with Gasteiger partial charge < -0.3 is 10.4 Å². The number of carbonyl (C=O) groups is 2. The van der Waals surface area contributed by atoms with Crippen molar-refractivity contribution in [2.45, 2.75) is 31.2 Å². The van der Waals surface area contributed by atoms with Crippen LogP contribution in [0.2, 0.25) is 0 Å². The fraction of sp³-hybridized carbons (Fsp3) is 0.417. The Balaban J connectivity index is 2.11. The zero-order valence-corrected chi connectivity index (χ0v) is 11.2. The highest BCUT2D eigenvalue weighted by Gasteiger charge is 2.40. The molecule has 0 aliphatic heterocycles. The predicted molar refractivity (Wildman–Crippen MR) is 68.2 cm³/mol. The lowest BCUT2D eigenvalue weighted by atomic mass is 9.74. The van der Waals surface area contributed by atoms with Crippen molar-refractivity contribution in [3.8, 4) is 0 Å². The SMILES string of the molecule is O=C(O)CC1(NC(=O)c2cccnc2Br)CCC1. The van der Waals surface area contributed by atoms with Gasteiger partial charge in [0.1, 0.15) is 4.60 Å². The maximum atomic E-state index is 12.1. The van der Waals surface area contributed by atoms with Gasteiger partial charge in [0.25, 0.3) is 5.91 Å². The van der Waals surface area contributed by atoms with E-state index in [0.717, 1.165) is 6.42 Å². The molecule has 0 atom stereocenters. The lowest BCUT2D eigenvalue weighted by molar-refractivity contribution is -0.139. The maximum Gasteiger partial charge on any atom is 0.305 e. The summed E-state index contributed by atoms with van der Waals surface area (Å²) < 4.78 is 0.465. The molecule has 0 unspecified atom stereocenters. The Kier molecular flexibility index (Phi) is 3.65. The molecule has 6 heteroatoms.